The predicted molar refractivity (Wildman–Crippen MR) is 75.3 cm³/mol. The molecule has 0 saturated carbocycles. The van der Waals surface area contributed by atoms with Crippen LogP contribution < -0.4 is 5.32 Å². The predicted octanol–water partition coefficient (Wildman–Crippen LogP) is 3.16. The molecule has 98 valence electrons. The van der Waals surface area contributed by atoms with Crippen molar-refractivity contribution in [3.8, 4) is 0 Å². The first-order valence-corrected chi connectivity index (χ1v) is 6.26. The number of amides is 1. The first-order valence-electron chi connectivity index (χ1n) is 6.26. The zero-order valence-electron chi connectivity index (χ0n) is 11.3. The van der Waals surface area contributed by atoms with Crippen LogP contribution in [0, 0.1) is 6.92 Å². The summed E-state index contributed by atoms with van der Waals surface area (Å²) in [5.41, 5.74) is 3.02. The summed E-state index contributed by atoms with van der Waals surface area (Å²) < 4.78 is 0. The standard InChI is InChI=1S/C15H17N3O/c1-10(2)13-5-4-12(8-11(13)3)15(19)18-14-9-16-6-7-17-14/h4-10H,1-3H3,(H,17,18,19). The summed E-state index contributed by atoms with van der Waals surface area (Å²) in [6, 6.07) is 5.75. The molecule has 0 saturated heterocycles. The molecule has 0 aliphatic carbocycles. The number of rotatable bonds is 3. The number of nitrogens with one attached hydrogen (secondary N) is 1. The molecule has 0 spiro atoms. The molecule has 0 aliphatic heterocycles. The minimum Gasteiger partial charge on any atom is -0.305 e. The SMILES string of the molecule is Cc1cc(C(=O)Nc2cnccn2)ccc1C(C)C. The molecule has 2 aromatic rings. The van der Waals surface area contributed by atoms with Crippen molar-refractivity contribution in [3.05, 3.63) is 53.5 Å². The van der Waals surface area contributed by atoms with E-state index >= 15 is 0 Å². The highest BCUT2D eigenvalue weighted by Gasteiger charge is 2.10. The van der Waals surface area contributed by atoms with Crippen molar-refractivity contribution < 1.29 is 4.79 Å². The van der Waals surface area contributed by atoms with Gasteiger partial charge < -0.3 is 5.32 Å². The molecule has 1 aromatic heterocycles. The maximum atomic E-state index is 12.1. The number of hydrogen-bond donors (Lipinski definition) is 1. The lowest BCUT2D eigenvalue weighted by Crippen LogP contribution is -2.13. The average Bonchev–Trinajstić information content (AvgIpc) is 2.39. The van der Waals surface area contributed by atoms with E-state index in [0.717, 1.165) is 5.56 Å². The minimum absolute atomic E-state index is 0.168. The van der Waals surface area contributed by atoms with Crippen LogP contribution in [0.2, 0.25) is 0 Å². The number of aromatic nitrogens is 2. The van der Waals surface area contributed by atoms with E-state index in [0.29, 0.717) is 17.3 Å². The number of carbonyl (C=O) groups excluding carboxylic acids is 1. The lowest BCUT2D eigenvalue weighted by Gasteiger charge is -2.11. The number of aryl methyl sites for hydroxylation is 1. The maximum Gasteiger partial charge on any atom is 0.256 e. The van der Waals surface area contributed by atoms with Crippen molar-refractivity contribution in [1.29, 1.82) is 0 Å². The Kier molecular flexibility index (Phi) is 3.90. The molecule has 0 fully saturated rings. The minimum atomic E-state index is -0.168. The number of carbonyl (C=O) groups is 1. The van der Waals surface area contributed by atoms with E-state index in [9.17, 15) is 4.79 Å². The Bertz CT molecular complexity index is 579. The molecule has 0 radical (unpaired) electrons. The van der Waals surface area contributed by atoms with E-state index in [1.54, 1.807) is 12.4 Å². The second-order valence-corrected chi connectivity index (χ2v) is 4.77. The molecule has 0 atom stereocenters. The van der Waals surface area contributed by atoms with Gasteiger partial charge in [-0.25, -0.2) is 4.98 Å². The Balaban J connectivity index is 2.18. The Morgan fingerprint density at radius 1 is 1.26 bits per heavy atom. The quantitative estimate of drug-likeness (QED) is 0.916. The lowest BCUT2D eigenvalue weighted by atomic mass is 9.96. The van der Waals surface area contributed by atoms with E-state index < -0.39 is 0 Å². The normalized spacial score (nSPS) is 10.5. The van der Waals surface area contributed by atoms with Gasteiger partial charge in [0.2, 0.25) is 0 Å². The lowest BCUT2D eigenvalue weighted by molar-refractivity contribution is 0.102. The highest BCUT2D eigenvalue weighted by molar-refractivity contribution is 6.03. The molecular formula is C15H17N3O. The van der Waals surface area contributed by atoms with Crippen LogP contribution in [0.15, 0.2) is 36.8 Å². The second-order valence-electron chi connectivity index (χ2n) is 4.77. The topological polar surface area (TPSA) is 54.9 Å². The summed E-state index contributed by atoms with van der Waals surface area (Å²) in [7, 11) is 0. The highest BCUT2D eigenvalue weighted by Crippen LogP contribution is 2.20. The molecule has 2 rings (SSSR count). The van der Waals surface area contributed by atoms with Crippen LogP contribution in [-0.4, -0.2) is 15.9 Å². The van der Waals surface area contributed by atoms with Gasteiger partial charge in [-0.15, -0.1) is 0 Å². The molecule has 1 aromatic carbocycles. The molecule has 0 unspecified atom stereocenters. The van der Waals surface area contributed by atoms with Crippen LogP contribution in [0.25, 0.3) is 0 Å². The first kappa shape index (κ1) is 13.2. The second kappa shape index (κ2) is 5.61. The van der Waals surface area contributed by atoms with E-state index in [4.69, 9.17) is 0 Å². The molecule has 19 heavy (non-hydrogen) atoms. The van der Waals surface area contributed by atoms with Crippen molar-refractivity contribution in [3.63, 3.8) is 0 Å². The fourth-order valence-corrected chi connectivity index (χ4v) is 2.02. The van der Waals surface area contributed by atoms with Gasteiger partial charge >= 0.3 is 0 Å². The van der Waals surface area contributed by atoms with Crippen molar-refractivity contribution in [2.75, 3.05) is 5.32 Å². The zero-order chi connectivity index (χ0) is 13.8. The zero-order valence-corrected chi connectivity index (χ0v) is 11.3. The van der Waals surface area contributed by atoms with Crippen molar-refractivity contribution >= 4 is 11.7 Å². The van der Waals surface area contributed by atoms with Gasteiger partial charge in [-0.1, -0.05) is 19.9 Å². The number of benzene rings is 1. The summed E-state index contributed by atoms with van der Waals surface area (Å²) in [6.45, 7) is 6.30. The third-order valence-corrected chi connectivity index (χ3v) is 2.96. The number of hydrogen-bond acceptors (Lipinski definition) is 3. The van der Waals surface area contributed by atoms with Gasteiger partial charge in [0.25, 0.3) is 5.91 Å². The van der Waals surface area contributed by atoms with Gasteiger partial charge in [0, 0.05) is 18.0 Å². The molecule has 1 amide bonds. The smallest absolute Gasteiger partial charge is 0.256 e. The van der Waals surface area contributed by atoms with Gasteiger partial charge in [-0.3, -0.25) is 9.78 Å². The third kappa shape index (κ3) is 3.16. The van der Waals surface area contributed by atoms with Gasteiger partial charge in [0.05, 0.1) is 6.20 Å². The number of nitrogens with zero attached hydrogens (tertiary/aromatic N) is 2. The maximum absolute atomic E-state index is 12.1. The van der Waals surface area contributed by atoms with Crippen LogP contribution in [-0.2, 0) is 0 Å². The highest BCUT2D eigenvalue weighted by atomic mass is 16.1. The van der Waals surface area contributed by atoms with Crippen LogP contribution in [0.3, 0.4) is 0 Å². The van der Waals surface area contributed by atoms with Crippen LogP contribution in [0.5, 0.6) is 0 Å². The van der Waals surface area contributed by atoms with E-state index in [1.165, 1.54) is 11.8 Å². The molecule has 0 bridgehead atoms. The fraction of sp³-hybridized carbons (Fsp3) is 0.267. The molecule has 1 heterocycles. The average molecular weight is 255 g/mol. The van der Waals surface area contributed by atoms with E-state index in [2.05, 4.69) is 29.1 Å². The van der Waals surface area contributed by atoms with E-state index in [1.807, 2.05) is 25.1 Å². The van der Waals surface area contributed by atoms with Crippen LogP contribution in [0.4, 0.5) is 5.82 Å². The Labute approximate surface area is 112 Å². The Morgan fingerprint density at radius 2 is 2.05 bits per heavy atom. The largest absolute Gasteiger partial charge is 0.305 e. The summed E-state index contributed by atoms with van der Waals surface area (Å²) in [5, 5.41) is 2.72. The summed E-state index contributed by atoms with van der Waals surface area (Å²) in [5.74, 6) is 0.745. The van der Waals surface area contributed by atoms with Gasteiger partial charge in [0.1, 0.15) is 0 Å². The molecular weight excluding hydrogens is 238 g/mol. The van der Waals surface area contributed by atoms with Gasteiger partial charge in [-0.2, -0.15) is 0 Å². The van der Waals surface area contributed by atoms with Gasteiger partial charge in [0.15, 0.2) is 5.82 Å². The summed E-state index contributed by atoms with van der Waals surface area (Å²) in [4.78, 5) is 20.0. The third-order valence-electron chi connectivity index (χ3n) is 2.96. The van der Waals surface area contributed by atoms with Crippen molar-refractivity contribution in [2.45, 2.75) is 26.7 Å². The van der Waals surface area contributed by atoms with Gasteiger partial charge in [-0.05, 0) is 36.1 Å². The first-order chi connectivity index (χ1) is 9.08. The van der Waals surface area contributed by atoms with E-state index in [-0.39, 0.29) is 5.91 Å². The Hall–Kier alpha value is -2.23. The molecule has 0 aliphatic rings. The van der Waals surface area contributed by atoms with Crippen LogP contribution >= 0.6 is 0 Å². The van der Waals surface area contributed by atoms with Crippen molar-refractivity contribution in [2.24, 2.45) is 0 Å². The molecule has 4 nitrogen and oxygen atoms in total. The monoisotopic (exact) mass is 255 g/mol. The summed E-state index contributed by atoms with van der Waals surface area (Å²) >= 11 is 0. The number of anilines is 1. The summed E-state index contributed by atoms with van der Waals surface area (Å²) in [6.07, 6.45) is 4.63. The molecule has 4 heteroatoms. The fourth-order valence-electron chi connectivity index (χ4n) is 2.02. The van der Waals surface area contributed by atoms with Crippen molar-refractivity contribution in [1.82, 2.24) is 9.97 Å². The Morgan fingerprint density at radius 3 is 2.63 bits per heavy atom. The molecule has 1 N–H and O–H groups in total. The van der Waals surface area contributed by atoms with Crippen LogP contribution in [0.1, 0.15) is 41.3 Å².